The summed E-state index contributed by atoms with van der Waals surface area (Å²) in [6.07, 6.45) is 0. The number of carbonyl (C=O) groups excluding carboxylic acids is 1. The molecule has 3 nitrogen and oxygen atoms in total. The number of nitrogens with one attached hydrogen (secondary N) is 1. The van der Waals surface area contributed by atoms with Gasteiger partial charge in [-0.2, -0.15) is 0 Å². The maximum Gasteiger partial charge on any atom is 0.254 e. The van der Waals surface area contributed by atoms with Gasteiger partial charge >= 0.3 is 0 Å². The van der Waals surface area contributed by atoms with E-state index < -0.39 is 0 Å². The molecular weight excluding hydrogens is 200 g/mol. The predicted octanol–water partition coefficient (Wildman–Crippen LogP) is 1.35. The van der Waals surface area contributed by atoms with Gasteiger partial charge in [-0.1, -0.05) is 18.2 Å². The lowest BCUT2D eigenvalue weighted by molar-refractivity contribution is 0.0679. The Morgan fingerprint density at radius 1 is 1.31 bits per heavy atom. The topological polar surface area (TPSA) is 32.3 Å². The zero-order chi connectivity index (χ0) is 11.7. The van der Waals surface area contributed by atoms with Gasteiger partial charge in [0.05, 0.1) is 6.04 Å². The molecular formula is C13H18N2O. The first-order chi connectivity index (χ1) is 7.61. The molecule has 86 valence electrons. The lowest BCUT2D eigenvalue weighted by atomic mass is 10.0. The molecule has 1 aliphatic heterocycles. The van der Waals surface area contributed by atoms with Crippen LogP contribution in [-0.2, 0) is 0 Å². The minimum Gasteiger partial charge on any atom is -0.336 e. The van der Waals surface area contributed by atoms with E-state index in [2.05, 4.69) is 5.32 Å². The summed E-state index contributed by atoms with van der Waals surface area (Å²) in [5, 5.41) is 3.18. The van der Waals surface area contributed by atoms with Crippen molar-refractivity contribution < 1.29 is 4.79 Å². The fourth-order valence-electron chi connectivity index (χ4n) is 2.04. The van der Waals surface area contributed by atoms with Crippen molar-refractivity contribution in [3.8, 4) is 0 Å². The van der Waals surface area contributed by atoms with Crippen molar-refractivity contribution >= 4 is 5.91 Å². The van der Waals surface area contributed by atoms with Crippen LogP contribution in [0.25, 0.3) is 0 Å². The van der Waals surface area contributed by atoms with Crippen molar-refractivity contribution in [3.05, 3.63) is 34.9 Å². The SMILES string of the molecule is Cc1cccc(C)c1C(=O)N(C)C1CNC1. The van der Waals surface area contributed by atoms with Gasteiger partial charge in [-0.05, 0) is 25.0 Å². The van der Waals surface area contributed by atoms with Crippen LogP contribution in [0.2, 0.25) is 0 Å². The highest BCUT2D eigenvalue weighted by atomic mass is 16.2. The van der Waals surface area contributed by atoms with E-state index in [1.807, 2.05) is 44.0 Å². The first kappa shape index (κ1) is 11.1. The normalized spacial score (nSPS) is 15.7. The Balaban J connectivity index is 2.26. The van der Waals surface area contributed by atoms with Crippen LogP contribution in [0.15, 0.2) is 18.2 Å². The largest absolute Gasteiger partial charge is 0.336 e. The molecule has 2 rings (SSSR count). The molecule has 16 heavy (non-hydrogen) atoms. The Bertz CT molecular complexity index is 390. The van der Waals surface area contributed by atoms with E-state index in [9.17, 15) is 4.79 Å². The van der Waals surface area contributed by atoms with Gasteiger partial charge in [0.25, 0.3) is 5.91 Å². The maximum absolute atomic E-state index is 12.3. The lowest BCUT2D eigenvalue weighted by Gasteiger charge is -2.36. The minimum atomic E-state index is 0.141. The van der Waals surface area contributed by atoms with Gasteiger partial charge in [0.15, 0.2) is 0 Å². The Kier molecular flexibility index (Phi) is 2.97. The van der Waals surface area contributed by atoms with Crippen LogP contribution < -0.4 is 5.32 Å². The third kappa shape index (κ3) is 1.83. The second-order valence-electron chi connectivity index (χ2n) is 4.49. The summed E-state index contributed by atoms with van der Waals surface area (Å²) in [5.74, 6) is 0.141. The molecule has 1 heterocycles. The van der Waals surface area contributed by atoms with Crippen LogP contribution in [0.4, 0.5) is 0 Å². The summed E-state index contributed by atoms with van der Waals surface area (Å²) in [5.41, 5.74) is 2.98. The van der Waals surface area contributed by atoms with Crippen molar-refractivity contribution in [1.82, 2.24) is 10.2 Å². The van der Waals surface area contributed by atoms with Crippen LogP contribution in [0.1, 0.15) is 21.5 Å². The van der Waals surface area contributed by atoms with Gasteiger partial charge in [0.2, 0.25) is 0 Å². The number of nitrogens with zero attached hydrogens (tertiary/aromatic N) is 1. The second kappa shape index (κ2) is 4.26. The van der Waals surface area contributed by atoms with E-state index in [0.29, 0.717) is 6.04 Å². The number of aryl methyl sites for hydroxylation is 2. The summed E-state index contributed by atoms with van der Waals surface area (Å²) in [6, 6.07) is 6.33. The standard InChI is InChI=1S/C13H18N2O/c1-9-5-4-6-10(2)12(9)13(16)15(3)11-7-14-8-11/h4-6,11,14H,7-8H2,1-3H3. The zero-order valence-electron chi connectivity index (χ0n) is 10.1. The summed E-state index contributed by atoms with van der Waals surface area (Å²) in [7, 11) is 1.89. The molecule has 0 unspecified atom stereocenters. The molecule has 0 aliphatic carbocycles. The Morgan fingerprint density at radius 2 is 1.88 bits per heavy atom. The molecule has 0 radical (unpaired) electrons. The highest BCUT2D eigenvalue weighted by Crippen LogP contribution is 2.17. The van der Waals surface area contributed by atoms with Crippen LogP contribution in [-0.4, -0.2) is 37.0 Å². The summed E-state index contributed by atoms with van der Waals surface area (Å²) in [4.78, 5) is 14.2. The van der Waals surface area contributed by atoms with Gasteiger partial charge in [-0.3, -0.25) is 4.79 Å². The maximum atomic E-state index is 12.3. The summed E-state index contributed by atoms with van der Waals surface area (Å²) >= 11 is 0. The predicted molar refractivity (Wildman–Crippen MR) is 64.7 cm³/mol. The van der Waals surface area contributed by atoms with E-state index in [-0.39, 0.29) is 5.91 Å². The smallest absolute Gasteiger partial charge is 0.254 e. The molecule has 1 aliphatic rings. The van der Waals surface area contributed by atoms with Crippen molar-refractivity contribution in [2.24, 2.45) is 0 Å². The minimum absolute atomic E-state index is 0.141. The molecule has 1 aromatic rings. The Hall–Kier alpha value is -1.35. The van der Waals surface area contributed by atoms with E-state index in [0.717, 1.165) is 29.8 Å². The number of carbonyl (C=O) groups is 1. The van der Waals surface area contributed by atoms with Gasteiger partial charge in [-0.25, -0.2) is 0 Å². The van der Waals surface area contributed by atoms with E-state index in [4.69, 9.17) is 0 Å². The zero-order valence-corrected chi connectivity index (χ0v) is 10.1. The molecule has 0 spiro atoms. The van der Waals surface area contributed by atoms with Gasteiger partial charge in [0, 0.05) is 25.7 Å². The highest BCUT2D eigenvalue weighted by molar-refractivity contribution is 5.97. The Labute approximate surface area is 96.5 Å². The third-order valence-corrected chi connectivity index (χ3v) is 3.32. The molecule has 0 atom stereocenters. The second-order valence-corrected chi connectivity index (χ2v) is 4.49. The average molecular weight is 218 g/mol. The van der Waals surface area contributed by atoms with Crippen LogP contribution >= 0.6 is 0 Å². The number of rotatable bonds is 2. The van der Waals surface area contributed by atoms with Crippen molar-refractivity contribution in [2.45, 2.75) is 19.9 Å². The fourth-order valence-corrected chi connectivity index (χ4v) is 2.04. The first-order valence-electron chi connectivity index (χ1n) is 5.65. The van der Waals surface area contributed by atoms with E-state index >= 15 is 0 Å². The fraction of sp³-hybridized carbons (Fsp3) is 0.462. The number of benzene rings is 1. The monoisotopic (exact) mass is 218 g/mol. The molecule has 0 bridgehead atoms. The molecule has 1 saturated heterocycles. The molecule has 0 aromatic heterocycles. The number of hydrogen-bond acceptors (Lipinski definition) is 2. The van der Waals surface area contributed by atoms with Crippen molar-refractivity contribution in [2.75, 3.05) is 20.1 Å². The third-order valence-electron chi connectivity index (χ3n) is 3.32. The lowest BCUT2D eigenvalue weighted by Crippen LogP contribution is -2.57. The van der Waals surface area contributed by atoms with Gasteiger partial charge in [0.1, 0.15) is 0 Å². The molecule has 1 fully saturated rings. The number of hydrogen-bond donors (Lipinski definition) is 1. The van der Waals surface area contributed by atoms with Crippen LogP contribution in [0.5, 0.6) is 0 Å². The van der Waals surface area contributed by atoms with Crippen molar-refractivity contribution in [1.29, 1.82) is 0 Å². The molecule has 1 amide bonds. The van der Waals surface area contributed by atoms with Gasteiger partial charge in [-0.15, -0.1) is 0 Å². The van der Waals surface area contributed by atoms with Crippen molar-refractivity contribution in [3.63, 3.8) is 0 Å². The molecule has 0 saturated carbocycles. The van der Waals surface area contributed by atoms with Gasteiger partial charge < -0.3 is 10.2 Å². The van der Waals surface area contributed by atoms with Crippen LogP contribution in [0.3, 0.4) is 0 Å². The molecule has 3 heteroatoms. The van der Waals surface area contributed by atoms with E-state index in [1.54, 1.807) is 0 Å². The molecule has 1 N–H and O–H groups in total. The van der Waals surface area contributed by atoms with E-state index in [1.165, 1.54) is 0 Å². The highest BCUT2D eigenvalue weighted by Gasteiger charge is 2.27. The number of likely N-dealkylation sites (N-methyl/N-ethyl adjacent to an activating group) is 1. The summed E-state index contributed by atoms with van der Waals surface area (Å²) < 4.78 is 0. The Morgan fingerprint density at radius 3 is 2.31 bits per heavy atom. The molecule has 1 aromatic carbocycles. The summed E-state index contributed by atoms with van der Waals surface area (Å²) in [6.45, 7) is 5.81. The quantitative estimate of drug-likeness (QED) is 0.812. The average Bonchev–Trinajstić information content (AvgIpc) is 2.14. The number of amides is 1. The van der Waals surface area contributed by atoms with Crippen LogP contribution in [0, 0.1) is 13.8 Å². The first-order valence-corrected chi connectivity index (χ1v) is 5.65.